The van der Waals surface area contributed by atoms with Crippen LogP contribution in [0.15, 0.2) is 12.1 Å². The van der Waals surface area contributed by atoms with E-state index in [9.17, 15) is 4.79 Å². The number of carbonyl (C=O) groups is 1. The number of benzene rings is 1. The van der Waals surface area contributed by atoms with Gasteiger partial charge in [0.05, 0.1) is 18.8 Å². The summed E-state index contributed by atoms with van der Waals surface area (Å²) in [7, 11) is 1.61. The van der Waals surface area contributed by atoms with Gasteiger partial charge in [0, 0.05) is 13.0 Å². The number of rotatable bonds is 4. The molecule has 1 fully saturated rings. The second kappa shape index (κ2) is 6.20. The van der Waals surface area contributed by atoms with Crippen LogP contribution in [-0.4, -0.2) is 25.6 Å². The Hall–Kier alpha value is -1.35. The zero-order valence-electron chi connectivity index (χ0n) is 12.0. The summed E-state index contributed by atoms with van der Waals surface area (Å²) in [5, 5.41) is 0. The lowest BCUT2D eigenvalue weighted by atomic mass is 9.95. The molecule has 0 saturated carbocycles. The number of ether oxygens (including phenoxy) is 2. The first-order chi connectivity index (χ1) is 9.11. The van der Waals surface area contributed by atoms with Crippen LogP contribution in [0, 0.1) is 13.8 Å². The molecule has 0 bridgehead atoms. The maximum Gasteiger partial charge on any atom is 0.169 e. The van der Waals surface area contributed by atoms with Crippen molar-refractivity contribution in [3.05, 3.63) is 28.8 Å². The van der Waals surface area contributed by atoms with Gasteiger partial charge in [0.15, 0.2) is 5.78 Å². The molecular formula is C16H22O3. The Morgan fingerprint density at radius 2 is 2.16 bits per heavy atom. The maximum absolute atomic E-state index is 12.5. The Kier molecular flexibility index (Phi) is 4.59. The highest BCUT2D eigenvalue weighted by atomic mass is 16.5. The summed E-state index contributed by atoms with van der Waals surface area (Å²) >= 11 is 0. The summed E-state index contributed by atoms with van der Waals surface area (Å²) in [6.45, 7) is 4.75. The summed E-state index contributed by atoms with van der Waals surface area (Å²) in [6.07, 6.45) is 3.78. The lowest BCUT2D eigenvalue weighted by Crippen LogP contribution is -2.23. The summed E-state index contributed by atoms with van der Waals surface area (Å²) in [6, 6.07) is 3.94. The first-order valence-electron chi connectivity index (χ1n) is 6.92. The number of hydrogen-bond acceptors (Lipinski definition) is 3. The highest BCUT2D eigenvalue weighted by Crippen LogP contribution is 2.27. The predicted octanol–water partition coefficient (Wildman–Crippen LogP) is 3.45. The minimum atomic E-state index is 0.0756. The Labute approximate surface area is 114 Å². The molecule has 1 aromatic carbocycles. The average Bonchev–Trinajstić information content (AvgIpc) is 2.38. The molecule has 0 radical (unpaired) electrons. The molecule has 1 heterocycles. The summed E-state index contributed by atoms with van der Waals surface area (Å²) in [5.41, 5.74) is 2.81. The van der Waals surface area contributed by atoms with Gasteiger partial charge in [0.1, 0.15) is 5.75 Å². The van der Waals surface area contributed by atoms with Crippen molar-refractivity contribution >= 4 is 5.78 Å². The molecular weight excluding hydrogens is 240 g/mol. The highest BCUT2D eigenvalue weighted by Gasteiger charge is 2.22. The van der Waals surface area contributed by atoms with Gasteiger partial charge in [0.25, 0.3) is 0 Å². The van der Waals surface area contributed by atoms with E-state index in [0.717, 1.165) is 37.0 Å². The molecule has 1 atom stereocenters. The molecule has 19 heavy (non-hydrogen) atoms. The molecule has 3 heteroatoms. The van der Waals surface area contributed by atoms with Crippen LogP contribution in [0.3, 0.4) is 0 Å². The van der Waals surface area contributed by atoms with Gasteiger partial charge in [-0.15, -0.1) is 0 Å². The third-order valence-corrected chi connectivity index (χ3v) is 3.63. The number of methoxy groups -OCH3 is 1. The Morgan fingerprint density at radius 3 is 2.79 bits per heavy atom. The van der Waals surface area contributed by atoms with Crippen LogP contribution in [0.4, 0.5) is 0 Å². The first kappa shape index (κ1) is 14.1. The van der Waals surface area contributed by atoms with Crippen LogP contribution in [0.1, 0.15) is 47.2 Å². The van der Waals surface area contributed by atoms with E-state index >= 15 is 0 Å². The number of Topliss-reactive ketones (excluding diaryl/α,β-unsaturated/α-hetero) is 1. The van der Waals surface area contributed by atoms with Gasteiger partial charge in [-0.3, -0.25) is 4.79 Å². The summed E-state index contributed by atoms with van der Waals surface area (Å²) in [4.78, 5) is 12.5. The highest BCUT2D eigenvalue weighted by molar-refractivity contribution is 6.00. The van der Waals surface area contributed by atoms with Crippen LogP contribution in [-0.2, 0) is 4.74 Å². The number of hydrogen-bond donors (Lipinski definition) is 0. The zero-order chi connectivity index (χ0) is 13.8. The fourth-order valence-corrected chi connectivity index (χ4v) is 2.72. The van der Waals surface area contributed by atoms with E-state index in [1.807, 2.05) is 26.0 Å². The third-order valence-electron chi connectivity index (χ3n) is 3.63. The van der Waals surface area contributed by atoms with Gasteiger partial charge in [-0.25, -0.2) is 0 Å². The Balaban J connectivity index is 2.18. The zero-order valence-corrected chi connectivity index (χ0v) is 12.0. The van der Waals surface area contributed by atoms with Crippen molar-refractivity contribution in [1.29, 1.82) is 0 Å². The van der Waals surface area contributed by atoms with Crippen molar-refractivity contribution in [2.24, 2.45) is 0 Å². The van der Waals surface area contributed by atoms with E-state index in [1.54, 1.807) is 7.11 Å². The van der Waals surface area contributed by atoms with E-state index < -0.39 is 0 Å². The number of ketones is 1. The van der Waals surface area contributed by atoms with E-state index in [4.69, 9.17) is 9.47 Å². The molecule has 1 aliphatic heterocycles. The normalized spacial score (nSPS) is 19.2. The van der Waals surface area contributed by atoms with Crippen molar-refractivity contribution in [3.8, 4) is 5.75 Å². The fraction of sp³-hybridized carbons (Fsp3) is 0.562. The molecule has 1 aromatic rings. The van der Waals surface area contributed by atoms with E-state index in [1.165, 1.54) is 0 Å². The van der Waals surface area contributed by atoms with Gasteiger partial charge in [-0.2, -0.15) is 0 Å². The Bertz CT molecular complexity index is 459. The van der Waals surface area contributed by atoms with Crippen LogP contribution >= 0.6 is 0 Å². The van der Waals surface area contributed by atoms with Crippen molar-refractivity contribution in [2.45, 2.75) is 45.6 Å². The smallest absolute Gasteiger partial charge is 0.169 e. The molecule has 1 saturated heterocycles. The lowest BCUT2D eigenvalue weighted by Gasteiger charge is -2.22. The minimum absolute atomic E-state index is 0.0756. The van der Waals surface area contributed by atoms with Crippen molar-refractivity contribution in [2.75, 3.05) is 13.7 Å². The van der Waals surface area contributed by atoms with Gasteiger partial charge in [0.2, 0.25) is 0 Å². The van der Waals surface area contributed by atoms with Gasteiger partial charge in [-0.1, -0.05) is 6.07 Å². The van der Waals surface area contributed by atoms with Crippen molar-refractivity contribution < 1.29 is 14.3 Å². The van der Waals surface area contributed by atoms with Crippen molar-refractivity contribution in [1.82, 2.24) is 0 Å². The molecule has 2 rings (SSSR count). The average molecular weight is 262 g/mol. The fourth-order valence-electron chi connectivity index (χ4n) is 2.72. The largest absolute Gasteiger partial charge is 0.496 e. The summed E-state index contributed by atoms with van der Waals surface area (Å²) < 4.78 is 11.0. The molecule has 0 spiro atoms. The first-order valence-corrected chi connectivity index (χ1v) is 6.92. The topological polar surface area (TPSA) is 35.5 Å². The minimum Gasteiger partial charge on any atom is -0.496 e. The van der Waals surface area contributed by atoms with E-state index in [0.29, 0.717) is 17.7 Å². The third kappa shape index (κ3) is 3.35. The van der Waals surface area contributed by atoms with Crippen molar-refractivity contribution in [3.63, 3.8) is 0 Å². The van der Waals surface area contributed by atoms with Gasteiger partial charge in [-0.05, 0) is 50.3 Å². The second-order valence-electron chi connectivity index (χ2n) is 5.27. The van der Waals surface area contributed by atoms with Crippen LogP contribution < -0.4 is 4.74 Å². The van der Waals surface area contributed by atoms with Crippen LogP contribution in [0.25, 0.3) is 0 Å². The number of aryl methyl sites for hydroxylation is 2. The second-order valence-corrected chi connectivity index (χ2v) is 5.27. The van der Waals surface area contributed by atoms with Crippen LogP contribution in [0.2, 0.25) is 0 Å². The predicted molar refractivity (Wildman–Crippen MR) is 75.0 cm³/mol. The monoisotopic (exact) mass is 262 g/mol. The summed E-state index contributed by atoms with van der Waals surface area (Å²) in [5.74, 6) is 0.805. The Morgan fingerprint density at radius 1 is 1.37 bits per heavy atom. The van der Waals surface area contributed by atoms with E-state index in [2.05, 4.69) is 0 Å². The molecule has 0 aromatic heterocycles. The molecule has 1 unspecified atom stereocenters. The lowest BCUT2D eigenvalue weighted by molar-refractivity contribution is 0.0128. The van der Waals surface area contributed by atoms with Crippen LogP contribution in [0.5, 0.6) is 5.75 Å². The maximum atomic E-state index is 12.5. The standard InChI is InChI=1S/C16H22O3/c1-11-8-12(2)16(15(9-11)18-3)14(17)10-13-6-4-5-7-19-13/h8-9,13H,4-7,10H2,1-3H3. The molecule has 0 N–H and O–H groups in total. The molecule has 3 nitrogen and oxygen atoms in total. The molecule has 0 amide bonds. The molecule has 104 valence electrons. The number of carbonyl (C=O) groups excluding carboxylic acids is 1. The SMILES string of the molecule is COc1cc(C)cc(C)c1C(=O)CC1CCCCO1. The van der Waals surface area contributed by atoms with E-state index in [-0.39, 0.29) is 11.9 Å². The van der Waals surface area contributed by atoms with Gasteiger partial charge >= 0.3 is 0 Å². The molecule has 0 aliphatic carbocycles. The van der Waals surface area contributed by atoms with Gasteiger partial charge < -0.3 is 9.47 Å². The quantitative estimate of drug-likeness (QED) is 0.780. The molecule has 1 aliphatic rings.